The maximum absolute atomic E-state index is 6.21. The largest absolute Gasteiger partial charge is 0.494 e. The molecule has 0 radical (unpaired) electrons. The summed E-state index contributed by atoms with van der Waals surface area (Å²) in [7, 11) is 0. The Hall–Kier alpha value is -1.71. The number of anilines is 1. The highest BCUT2D eigenvalue weighted by Gasteiger charge is 2.39. The fourth-order valence-corrected chi connectivity index (χ4v) is 4.09. The fourth-order valence-electron chi connectivity index (χ4n) is 3.91. The number of nitrogens with one attached hydrogen (secondary N) is 1. The molecule has 0 aliphatic carbocycles. The van der Waals surface area contributed by atoms with E-state index >= 15 is 0 Å². The van der Waals surface area contributed by atoms with Crippen LogP contribution in [0, 0.1) is 5.92 Å². The molecule has 2 aliphatic heterocycles. The Bertz CT molecular complexity index is 716. The lowest BCUT2D eigenvalue weighted by atomic mass is 9.77. The molecule has 4 rings (SSSR count). The second-order valence-electron chi connectivity index (χ2n) is 6.45. The molecule has 3 atom stereocenters. The van der Waals surface area contributed by atoms with Crippen molar-refractivity contribution in [2.24, 2.45) is 5.92 Å². The molecule has 2 aromatic rings. The van der Waals surface area contributed by atoms with E-state index in [-0.39, 0.29) is 12.1 Å². The van der Waals surface area contributed by atoms with Crippen LogP contribution in [-0.2, 0) is 4.74 Å². The molecule has 2 aliphatic rings. The van der Waals surface area contributed by atoms with Gasteiger partial charge in [0.05, 0.1) is 18.8 Å². The van der Waals surface area contributed by atoms with Gasteiger partial charge in [-0.05, 0) is 55.7 Å². The number of hydrogen-bond donors (Lipinski definition) is 1. The van der Waals surface area contributed by atoms with Gasteiger partial charge in [-0.15, -0.1) is 0 Å². The third-order valence-electron chi connectivity index (χ3n) is 4.98. The lowest BCUT2D eigenvalue weighted by Gasteiger charge is -2.43. The van der Waals surface area contributed by atoms with E-state index in [9.17, 15) is 0 Å². The van der Waals surface area contributed by atoms with Crippen LogP contribution in [0.2, 0.25) is 5.02 Å². The molecule has 0 bridgehead atoms. The Labute approximate surface area is 147 Å². The summed E-state index contributed by atoms with van der Waals surface area (Å²) in [6, 6.07) is 14.7. The lowest BCUT2D eigenvalue weighted by Crippen LogP contribution is -2.35. The zero-order valence-corrected chi connectivity index (χ0v) is 14.6. The van der Waals surface area contributed by atoms with Crippen molar-refractivity contribution in [1.29, 1.82) is 0 Å². The third-order valence-corrected chi connectivity index (χ3v) is 5.21. The second-order valence-corrected chi connectivity index (χ2v) is 6.89. The van der Waals surface area contributed by atoms with Gasteiger partial charge in [-0.2, -0.15) is 0 Å². The number of benzene rings is 2. The van der Waals surface area contributed by atoms with Crippen LogP contribution in [0.3, 0.4) is 0 Å². The van der Waals surface area contributed by atoms with E-state index in [2.05, 4.69) is 35.6 Å². The third kappa shape index (κ3) is 2.87. The molecule has 0 unspecified atom stereocenters. The molecular formula is C20H22ClNO2. The Morgan fingerprint density at radius 1 is 1.21 bits per heavy atom. The second kappa shape index (κ2) is 6.66. The molecule has 0 saturated carbocycles. The van der Waals surface area contributed by atoms with Gasteiger partial charge in [-0.25, -0.2) is 0 Å². The van der Waals surface area contributed by atoms with Crippen molar-refractivity contribution >= 4 is 17.3 Å². The average molecular weight is 344 g/mol. The Kier molecular flexibility index (Phi) is 4.38. The molecule has 1 N–H and O–H groups in total. The Morgan fingerprint density at radius 3 is 2.83 bits per heavy atom. The van der Waals surface area contributed by atoms with Crippen LogP contribution in [-0.4, -0.2) is 13.2 Å². The summed E-state index contributed by atoms with van der Waals surface area (Å²) in [5, 5.41) is 4.48. The average Bonchev–Trinajstić information content (AvgIpc) is 2.62. The Morgan fingerprint density at radius 2 is 2.04 bits per heavy atom. The standard InChI is InChI=1S/C20H22ClNO2/c1-2-23-15-8-5-13(6-9-15)19-16-4-3-11-24-20(16)17-12-14(21)7-10-18(17)22-19/h5-10,12,16,19-20,22H,2-4,11H2,1H3/t16-,19+,20-/m0/s1. The van der Waals surface area contributed by atoms with E-state index in [0.717, 1.165) is 35.9 Å². The normalized spacial score (nSPS) is 25.3. The van der Waals surface area contributed by atoms with Crippen LogP contribution >= 0.6 is 11.6 Å². The van der Waals surface area contributed by atoms with Gasteiger partial charge in [0.25, 0.3) is 0 Å². The summed E-state index contributed by atoms with van der Waals surface area (Å²) in [6.07, 6.45) is 2.37. The highest BCUT2D eigenvalue weighted by Crippen LogP contribution is 2.49. The van der Waals surface area contributed by atoms with Gasteiger partial charge >= 0.3 is 0 Å². The molecule has 4 heteroatoms. The molecule has 0 amide bonds. The van der Waals surface area contributed by atoms with E-state index in [4.69, 9.17) is 21.1 Å². The highest BCUT2D eigenvalue weighted by molar-refractivity contribution is 6.30. The topological polar surface area (TPSA) is 30.5 Å². The predicted octanol–water partition coefficient (Wildman–Crippen LogP) is 5.37. The number of halogens is 1. The first-order chi connectivity index (χ1) is 11.8. The predicted molar refractivity (Wildman–Crippen MR) is 96.8 cm³/mol. The molecule has 2 heterocycles. The highest BCUT2D eigenvalue weighted by atomic mass is 35.5. The molecule has 1 fully saturated rings. The van der Waals surface area contributed by atoms with Crippen molar-refractivity contribution in [2.45, 2.75) is 31.9 Å². The van der Waals surface area contributed by atoms with Crippen LogP contribution in [0.1, 0.15) is 43.0 Å². The van der Waals surface area contributed by atoms with Gasteiger partial charge in [-0.1, -0.05) is 23.7 Å². The monoisotopic (exact) mass is 343 g/mol. The maximum Gasteiger partial charge on any atom is 0.119 e. The van der Waals surface area contributed by atoms with Gasteiger partial charge in [0.15, 0.2) is 0 Å². The van der Waals surface area contributed by atoms with Gasteiger partial charge in [0.1, 0.15) is 5.75 Å². The molecule has 0 spiro atoms. The molecule has 24 heavy (non-hydrogen) atoms. The Balaban J connectivity index is 1.69. The molecule has 0 aromatic heterocycles. The quantitative estimate of drug-likeness (QED) is 0.812. The van der Waals surface area contributed by atoms with Crippen LogP contribution in [0.15, 0.2) is 42.5 Å². The van der Waals surface area contributed by atoms with Crippen molar-refractivity contribution < 1.29 is 9.47 Å². The minimum Gasteiger partial charge on any atom is -0.494 e. The molecular weight excluding hydrogens is 322 g/mol. The van der Waals surface area contributed by atoms with Crippen LogP contribution in [0.25, 0.3) is 0 Å². The first-order valence-corrected chi connectivity index (χ1v) is 9.04. The number of fused-ring (bicyclic) bond motifs is 3. The summed E-state index contributed by atoms with van der Waals surface area (Å²) in [4.78, 5) is 0. The van der Waals surface area contributed by atoms with Gasteiger partial charge in [0, 0.05) is 28.8 Å². The number of hydrogen-bond acceptors (Lipinski definition) is 3. The van der Waals surface area contributed by atoms with Gasteiger partial charge < -0.3 is 14.8 Å². The van der Waals surface area contributed by atoms with Crippen molar-refractivity contribution in [3.63, 3.8) is 0 Å². The maximum atomic E-state index is 6.21. The van der Waals surface area contributed by atoms with E-state index in [1.807, 2.05) is 19.1 Å². The molecule has 126 valence electrons. The van der Waals surface area contributed by atoms with E-state index < -0.39 is 0 Å². The van der Waals surface area contributed by atoms with Crippen LogP contribution < -0.4 is 10.1 Å². The summed E-state index contributed by atoms with van der Waals surface area (Å²) < 4.78 is 11.7. The fraction of sp³-hybridized carbons (Fsp3) is 0.400. The summed E-state index contributed by atoms with van der Waals surface area (Å²) in [5.41, 5.74) is 3.59. The number of rotatable bonds is 3. The molecule has 3 nitrogen and oxygen atoms in total. The zero-order chi connectivity index (χ0) is 16.5. The lowest BCUT2D eigenvalue weighted by molar-refractivity contribution is -0.0381. The minimum atomic E-state index is 0.116. The number of ether oxygens (including phenoxy) is 2. The van der Waals surface area contributed by atoms with Crippen molar-refractivity contribution in [2.75, 3.05) is 18.5 Å². The van der Waals surface area contributed by atoms with Crippen molar-refractivity contribution in [1.82, 2.24) is 0 Å². The summed E-state index contributed by atoms with van der Waals surface area (Å²) in [6.45, 7) is 3.51. The van der Waals surface area contributed by atoms with E-state index in [1.54, 1.807) is 0 Å². The van der Waals surface area contributed by atoms with Crippen molar-refractivity contribution in [3.8, 4) is 5.75 Å². The smallest absolute Gasteiger partial charge is 0.119 e. The first-order valence-electron chi connectivity index (χ1n) is 8.66. The van der Waals surface area contributed by atoms with Crippen LogP contribution in [0.4, 0.5) is 5.69 Å². The van der Waals surface area contributed by atoms with Gasteiger partial charge in [-0.3, -0.25) is 0 Å². The van der Waals surface area contributed by atoms with E-state index in [0.29, 0.717) is 12.5 Å². The van der Waals surface area contributed by atoms with Crippen LogP contribution in [0.5, 0.6) is 5.75 Å². The summed E-state index contributed by atoms with van der Waals surface area (Å²) in [5.74, 6) is 1.34. The first kappa shape index (κ1) is 15.8. The van der Waals surface area contributed by atoms with Gasteiger partial charge in [0.2, 0.25) is 0 Å². The molecule has 2 aromatic carbocycles. The SMILES string of the molecule is CCOc1ccc([C@H]2Nc3ccc(Cl)cc3[C@H]3OCCC[C@@H]23)cc1. The van der Waals surface area contributed by atoms with Crippen molar-refractivity contribution in [3.05, 3.63) is 58.6 Å². The zero-order valence-electron chi connectivity index (χ0n) is 13.8. The van der Waals surface area contributed by atoms with E-state index in [1.165, 1.54) is 11.1 Å². The minimum absolute atomic E-state index is 0.116. The molecule has 1 saturated heterocycles. The summed E-state index contributed by atoms with van der Waals surface area (Å²) >= 11 is 6.21.